The zero-order valence-corrected chi connectivity index (χ0v) is 15.3. The lowest BCUT2D eigenvalue weighted by Crippen LogP contribution is -2.47. The summed E-state index contributed by atoms with van der Waals surface area (Å²) in [6.07, 6.45) is -3.26. The van der Waals surface area contributed by atoms with Crippen LogP contribution in [0.3, 0.4) is 0 Å². The molecule has 1 aliphatic heterocycles. The van der Waals surface area contributed by atoms with Crippen LogP contribution in [-0.4, -0.2) is 49.7 Å². The molecule has 2 aromatic carbocycles. The van der Waals surface area contributed by atoms with Crippen molar-refractivity contribution in [2.45, 2.75) is 27.8 Å². The Morgan fingerprint density at radius 2 is 1.88 bits per heavy atom. The molecule has 5 nitrogen and oxygen atoms in total. The van der Waals surface area contributed by atoms with Gasteiger partial charge in [-0.25, -0.2) is 0 Å². The van der Waals surface area contributed by atoms with Gasteiger partial charge >= 0.3 is 0 Å². The smallest absolute Gasteiger partial charge is 0.194 e. The number of hydrogen-bond acceptors (Lipinski definition) is 7. The first-order valence-electron chi connectivity index (χ1n) is 7.97. The van der Waals surface area contributed by atoms with Gasteiger partial charge in [0.1, 0.15) is 12.2 Å². The number of nitriles is 1. The van der Waals surface area contributed by atoms with Crippen LogP contribution in [0.5, 0.6) is 0 Å². The molecular formula is C19H17NO4S2. The third-order valence-electron chi connectivity index (χ3n) is 4.08. The van der Waals surface area contributed by atoms with Gasteiger partial charge in [-0.2, -0.15) is 5.26 Å². The van der Waals surface area contributed by atoms with Crippen LogP contribution in [0.2, 0.25) is 0 Å². The lowest BCUT2D eigenvalue weighted by atomic mass is 10.0. The van der Waals surface area contributed by atoms with Gasteiger partial charge < -0.3 is 15.3 Å². The van der Waals surface area contributed by atoms with Crippen molar-refractivity contribution in [3.63, 3.8) is 0 Å². The molecule has 3 rings (SSSR count). The van der Waals surface area contributed by atoms with Crippen LogP contribution >= 0.6 is 23.5 Å². The van der Waals surface area contributed by atoms with Crippen molar-refractivity contribution in [2.24, 2.45) is 0 Å². The summed E-state index contributed by atoms with van der Waals surface area (Å²) >= 11 is 2.64. The second kappa shape index (κ2) is 8.25. The van der Waals surface area contributed by atoms with Crippen LogP contribution in [0, 0.1) is 11.3 Å². The molecule has 0 unspecified atom stereocenters. The highest BCUT2D eigenvalue weighted by molar-refractivity contribution is 8.17. The Balaban J connectivity index is 1.86. The van der Waals surface area contributed by atoms with Crippen LogP contribution in [0.25, 0.3) is 0 Å². The average molecular weight is 387 g/mol. The van der Waals surface area contributed by atoms with Gasteiger partial charge in [0, 0.05) is 21.8 Å². The minimum absolute atomic E-state index is 0.207. The fourth-order valence-corrected chi connectivity index (χ4v) is 5.41. The highest BCUT2D eigenvalue weighted by Gasteiger charge is 2.38. The second-order valence-electron chi connectivity index (χ2n) is 5.89. The lowest BCUT2D eigenvalue weighted by Gasteiger charge is -2.34. The number of aliphatic hydroxyl groups excluding tert-OH is 3. The molecule has 0 aliphatic carbocycles. The summed E-state index contributed by atoms with van der Waals surface area (Å²) in [4.78, 5) is 13.6. The summed E-state index contributed by atoms with van der Waals surface area (Å²) in [5.74, 6) is 0.108. The van der Waals surface area contributed by atoms with E-state index in [-0.39, 0.29) is 5.78 Å². The van der Waals surface area contributed by atoms with Crippen molar-refractivity contribution in [1.29, 1.82) is 5.26 Å². The largest absolute Gasteiger partial charge is 0.389 e. The Hall–Kier alpha value is -1.82. The molecule has 7 heteroatoms. The lowest BCUT2D eigenvalue weighted by molar-refractivity contribution is -0.0474. The molecule has 0 amide bonds. The molecule has 1 saturated heterocycles. The van der Waals surface area contributed by atoms with Crippen molar-refractivity contribution in [2.75, 3.05) is 5.75 Å². The van der Waals surface area contributed by atoms with Gasteiger partial charge in [0.05, 0.1) is 22.3 Å². The number of rotatable bonds is 4. The molecule has 0 aromatic heterocycles. The van der Waals surface area contributed by atoms with E-state index in [4.69, 9.17) is 5.26 Å². The van der Waals surface area contributed by atoms with Gasteiger partial charge in [-0.15, -0.1) is 23.5 Å². The Morgan fingerprint density at radius 1 is 1.12 bits per heavy atom. The van der Waals surface area contributed by atoms with Crippen molar-refractivity contribution in [1.82, 2.24) is 0 Å². The van der Waals surface area contributed by atoms with Crippen LogP contribution in [0.15, 0.2) is 53.4 Å². The van der Waals surface area contributed by atoms with Gasteiger partial charge in [0.25, 0.3) is 0 Å². The normalized spacial score (nSPS) is 25.5. The van der Waals surface area contributed by atoms with E-state index in [0.717, 1.165) is 0 Å². The molecule has 4 atom stereocenters. The van der Waals surface area contributed by atoms with E-state index >= 15 is 0 Å². The fraction of sp³-hybridized carbons (Fsp3) is 0.263. The summed E-state index contributed by atoms with van der Waals surface area (Å²) in [5.41, 5.74) is 1.31. The van der Waals surface area contributed by atoms with Crippen LogP contribution < -0.4 is 0 Å². The molecule has 26 heavy (non-hydrogen) atoms. The van der Waals surface area contributed by atoms with Crippen molar-refractivity contribution >= 4 is 29.3 Å². The number of thioether (sulfide) groups is 2. The van der Waals surface area contributed by atoms with E-state index in [1.807, 2.05) is 6.07 Å². The molecule has 0 bridgehead atoms. The van der Waals surface area contributed by atoms with Crippen molar-refractivity contribution in [3.05, 3.63) is 65.2 Å². The van der Waals surface area contributed by atoms with Crippen LogP contribution in [-0.2, 0) is 0 Å². The second-order valence-corrected chi connectivity index (χ2v) is 8.54. The zero-order chi connectivity index (χ0) is 18.7. The Bertz CT molecular complexity index is 851. The van der Waals surface area contributed by atoms with Crippen molar-refractivity contribution in [3.8, 4) is 6.07 Å². The number of hydrogen-bond donors (Lipinski definition) is 3. The van der Waals surface area contributed by atoms with E-state index in [9.17, 15) is 20.1 Å². The molecule has 2 aromatic rings. The molecule has 0 spiro atoms. The van der Waals surface area contributed by atoms with Gasteiger partial charge in [-0.05, 0) is 24.3 Å². The molecule has 0 saturated carbocycles. The summed E-state index contributed by atoms with van der Waals surface area (Å²) in [5, 5.41) is 38.8. The van der Waals surface area contributed by atoms with Crippen LogP contribution in [0.1, 0.15) is 21.5 Å². The molecule has 134 valence electrons. The first-order chi connectivity index (χ1) is 12.5. The average Bonchev–Trinajstić information content (AvgIpc) is 2.68. The molecule has 1 aliphatic rings. The third kappa shape index (κ3) is 3.95. The number of benzene rings is 2. The van der Waals surface area contributed by atoms with Gasteiger partial charge in [-0.3, -0.25) is 4.79 Å². The summed E-state index contributed by atoms with van der Waals surface area (Å²) in [6, 6.07) is 15.6. The van der Waals surface area contributed by atoms with E-state index in [2.05, 4.69) is 0 Å². The van der Waals surface area contributed by atoms with Crippen molar-refractivity contribution < 1.29 is 20.1 Å². The SMILES string of the molecule is N#Cc1cccc(C(=O)c2ccccc2S[C@@H]2SC[C@@H](O)[C@H](O)[C@H]2O)c1. The Labute approximate surface area is 159 Å². The van der Waals surface area contributed by atoms with E-state index in [0.29, 0.717) is 27.3 Å². The number of ketones is 1. The predicted octanol–water partition coefficient (Wildman–Crippen LogP) is 2.04. The Morgan fingerprint density at radius 3 is 2.65 bits per heavy atom. The Kier molecular flexibility index (Phi) is 6.01. The van der Waals surface area contributed by atoms with Gasteiger partial charge in [-0.1, -0.05) is 24.3 Å². The maximum Gasteiger partial charge on any atom is 0.194 e. The maximum atomic E-state index is 12.9. The highest BCUT2D eigenvalue weighted by atomic mass is 32.2. The maximum absolute atomic E-state index is 12.9. The summed E-state index contributed by atoms with van der Waals surface area (Å²) < 4.78 is -0.396. The third-order valence-corrected chi connectivity index (χ3v) is 7.04. The molecule has 0 radical (unpaired) electrons. The number of aliphatic hydroxyl groups is 3. The predicted molar refractivity (Wildman–Crippen MR) is 101 cm³/mol. The van der Waals surface area contributed by atoms with E-state index in [1.54, 1.807) is 48.5 Å². The van der Waals surface area contributed by atoms with Gasteiger partial charge in [0.2, 0.25) is 0 Å². The number of carbonyl (C=O) groups is 1. The van der Waals surface area contributed by atoms with Gasteiger partial charge in [0.15, 0.2) is 5.78 Å². The number of carbonyl (C=O) groups excluding carboxylic acids is 1. The first-order valence-corrected chi connectivity index (χ1v) is 9.90. The van der Waals surface area contributed by atoms with E-state index < -0.39 is 22.9 Å². The molecule has 1 fully saturated rings. The first kappa shape index (κ1) is 19.0. The highest BCUT2D eigenvalue weighted by Crippen LogP contribution is 2.40. The minimum Gasteiger partial charge on any atom is -0.389 e. The standard InChI is InChI=1S/C19H17NO4S2/c20-9-11-4-3-5-12(8-11)16(22)13-6-1-2-7-15(13)26-19-18(24)17(23)14(21)10-25-19/h1-8,14,17-19,21,23-24H,10H2/t14-,17+,18-,19+/m1/s1. The topological polar surface area (TPSA) is 102 Å². The fourth-order valence-electron chi connectivity index (χ4n) is 2.65. The molecule has 1 heterocycles. The zero-order valence-electron chi connectivity index (χ0n) is 13.6. The quantitative estimate of drug-likeness (QED) is 0.690. The number of nitrogens with zero attached hydrogens (tertiary/aromatic N) is 1. The molecular weight excluding hydrogens is 370 g/mol. The monoisotopic (exact) mass is 387 g/mol. The van der Waals surface area contributed by atoms with Crippen LogP contribution in [0.4, 0.5) is 0 Å². The summed E-state index contributed by atoms with van der Waals surface area (Å²) in [6.45, 7) is 0. The molecule has 3 N–H and O–H groups in total. The summed E-state index contributed by atoms with van der Waals surface area (Å²) in [7, 11) is 0. The minimum atomic E-state index is -1.20. The van der Waals surface area contributed by atoms with E-state index in [1.165, 1.54) is 23.5 Å².